The number of rotatable bonds is 8. The lowest BCUT2D eigenvalue weighted by Gasteiger charge is -2.15. The zero-order valence-corrected chi connectivity index (χ0v) is 11.9. The minimum absolute atomic E-state index is 0.0394. The van der Waals surface area contributed by atoms with E-state index in [0.29, 0.717) is 6.54 Å². The van der Waals surface area contributed by atoms with Crippen molar-refractivity contribution in [3.63, 3.8) is 0 Å². The molecule has 0 bridgehead atoms. The molecule has 8 heteroatoms. The predicted octanol–water partition coefficient (Wildman–Crippen LogP) is 1.27. The second kappa shape index (κ2) is 7.63. The average Bonchev–Trinajstić information content (AvgIpc) is 2.37. The van der Waals surface area contributed by atoms with Crippen LogP contribution in [-0.2, 0) is 14.8 Å². The van der Waals surface area contributed by atoms with Crippen molar-refractivity contribution < 1.29 is 21.9 Å². The van der Waals surface area contributed by atoms with E-state index in [-0.39, 0.29) is 17.5 Å². The van der Waals surface area contributed by atoms with E-state index in [9.17, 15) is 17.2 Å². The van der Waals surface area contributed by atoms with Crippen LogP contribution in [0.3, 0.4) is 0 Å². The summed E-state index contributed by atoms with van der Waals surface area (Å²) >= 11 is 0. The van der Waals surface area contributed by atoms with Gasteiger partial charge in [-0.25, -0.2) is 22.3 Å². The fourth-order valence-corrected chi connectivity index (χ4v) is 2.17. The van der Waals surface area contributed by atoms with E-state index < -0.39 is 23.1 Å². The van der Waals surface area contributed by atoms with Crippen LogP contribution in [0.15, 0.2) is 29.2 Å². The Morgan fingerprint density at radius 2 is 2.10 bits per heavy atom. The van der Waals surface area contributed by atoms with E-state index in [1.54, 1.807) is 12.1 Å². The molecule has 0 saturated heterocycles. The van der Waals surface area contributed by atoms with Gasteiger partial charge >= 0.3 is 0 Å². The quantitative estimate of drug-likeness (QED) is 0.709. The first-order chi connectivity index (χ1) is 9.30. The smallest absolute Gasteiger partial charge is 0.261 e. The molecule has 0 spiro atoms. The maximum absolute atomic E-state index is 11.8. The molecule has 0 aliphatic heterocycles. The summed E-state index contributed by atoms with van der Waals surface area (Å²) in [5.41, 5.74) is 0.741. The molecule has 114 valence electrons. The summed E-state index contributed by atoms with van der Waals surface area (Å²) in [5.74, 6) is 0. The maximum Gasteiger partial charge on any atom is 0.261 e. The van der Waals surface area contributed by atoms with E-state index in [0.717, 1.165) is 5.56 Å². The number of alkyl halides is 2. The van der Waals surface area contributed by atoms with Crippen LogP contribution in [0, 0.1) is 0 Å². The summed E-state index contributed by atoms with van der Waals surface area (Å²) in [6.45, 7) is 1.78. The molecule has 0 fully saturated rings. The van der Waals surface area contributed by atoms with Crippen LogP contribution in [0.25, 0.3) is 0 Å². The van der Waals surface area contributed by atoms with E-state index in [1.165, 1.54) is 12.1 Å². The van der Waals surface area contributed by atoms with Gasteiger partial charge in [-0.3, -0.25) is 0 Å². The van der Waals surface area contributed by atoms with Gasteiger partial charge in [-0.2, -0.15) is 0 Å². The fraction of sp³-hybridized carbons (Fsp3) is 0.500. The molecular weight excluding hydrogens is 290 g/mol. The fourth-order valence-electron chi connectivity index (χ4n) is 1.60. The molecular formula is C12H18F2N2O3S. The number of hydrogen-bond donors (Lipinski definition) is 2. The molecule has 0 aromatic heterocycles. The number of sulfonamides is 1. The molecule has 1 rings (SSSR count). The van der Waals surface area contributed by atoms with E-state index >= 15 is 0 Å². The average molecular weight is 308 g/mol. The number of benzene rings is 1. The molecule has 5 nitrogen and oxygen atoms in total. The molecule has 1 unspecified atom stereocenters. The second-order valence-corrected chi connectivity index (χ2v) is 5.82. The van der Waals surface area contributed by atoms with Gasteiger partial charge in [0.1, 0.15) is 6.61 Å². The lowest BCUT2D eigenvalue weighted by Crippen LogP contribution is -2.24. The first-order valence-electron chi connectivity index (χ1n) is 6.02. The number of halogens is 2. The highest BCUT2D eigenvalue weighted by molar-refractivity contribution is 7.89. The van der Waals surface area contributed by atoms with Crippen molar-refractivity contribution in [1.29, 1.82) is 0 Å². The Morgan fingerprint density at radius 3 is 2.70 bits per heavy atom. The van der Waals surface area contributed by atoms with Gasteiger partial charge in [-0.15, -0.1) is 0 Å². The zero-order valence-electron chi connectivity index (χ0n) is 11.1. The minimum atomic E-state index is -3.73. The SMILES string of the molecule is CC(NCCOCC(F)F)c1cccc(S(N)(=O)=O)c1. The van der Waals surface area contributed by atoms with Crippen molar-refractivity contribution >= 4 is 10.0 Å². The highest BCUT2D eigenvalue weighted by atomic mass is 32.2. The maximum atomic E-state index is 11.8. The molecule has 0 saturated carbocycles. The Hall–Kier alpha value is -1.09. The molecule has 20 heavy (non-hydrogen) atoms. The van der Waals surface area contributed by atoms with Gasteiger partial charge in [0.05, 0.1) is 11.5 Å². The van der Waals surface area contributed by atoms with Crippen LogP contribution in [0.5, 0.6) is 0 Å². The molecule has 1 aromatic carbocycles. The van der Waals surface area contributed by atoms with E-state index in [1.807, 2.05) is 6.92 Å². The Labute approximate surface area is 117 Å². The molecule has 1 atom stereocenters. The molecule has 0 amide bonds. The van der Waals surface area contributed by atoms with Crippen molar-refractivity contribution in [3.05, 3.63) is 29.8 Å². The predicted molar refractivity (Wildman–Crippen MR) is 71.1 cm³/mol. The van der Waals surface area contributed by atoms with Crippen molar-refractivity contribution in [2.75, 3.05) is 19.8 Å². The van der Waals surface area contributed by atoms with Gasteiger partial charge in [0, 0.05) is 12.6 Å². The highest BCUT2D eigenvalue weighted by Gasteiger charge is 2.11. The first-order valence-corrected chi connectivity index (χ1v) is 7.57. The van der Waals surface area contributed by atoms with Crippen molar-refractivity contribution in [2.45, 2.75) is 24.3 Å². The van der Waals surface area contributed by atoms with Gasteiger partial charge in [0.2, 0.25) is 10.0 Å². The van der Waals surface area contributed by atoms with Crippen molar-refractivity contribution in [2.24, 2.45) is 5.14 Å². The van der Waals surface area contributed by atoms with Gasteiger partial charge in [0.15, 0.2) is 0 Å². The van der Waals surface area contributed by atoms with Gasteiger partial charge in [0.25, 0.3) is 6.43 Å². The molecule has 0 aliphatic carbocycles. The third kappa shape index (κ3) is 5.91. The first kappa shape index (κ1) is 17.0. The summed E-state index contributed by atoms with van der Waals surface area (Å²) in [6, 6.07) is 6.10. The summed E-state index contributed by atoms with van der Waals surface area (Å²) < 4.78 is 50.9. The standard InChI is InChI=1S/C12H18F2N2O3S/c1-9(16-5-6-19-8-12(13)14)10-3-2-4-11(7-10)20(15,17)18/h2-4,7,9,12,16H,5-6,8H2,1H3,(H2,15,17,18). The third-order valence-corrected chi connectivity index (χ3v) is 3.54. The zero-order chi connectivity index (χ0) is 15.2. The van der Waals surface area contributed by atoms with E-state index in [2.05, 4.69) is 5.32 Å². The van der Waals surface area contributed by atoms with Crippen LogP contribution in [-0.4, -0.2) is 34.6 Å². The Balaban J connectivity index is 2.49. The number of nitrogens with one attached hydrogen (secondary N) is 1. The second-order valence-electron chi connectivity index (χ2n) is 4.26. The van der Waals surface area contributed by atoms with Gasteiger partial charge < -0.3 is 10.1 Å². The van der Waals surface area contributed by atoms with Gasteiger partial charge in [-0.05, 0) is 24.6 Å². The van der Waals surface area contributed by atoms with E-state index in [4.69, 9.17) is 9.88 Å². The molecule has 0 radical (unpaired) electrons. The highest BCUT2D eigenvalue weighted by Crippen LogP contribution is 2.16. The Kier molecular flexibility index (Phi) is 6.47. The van der Waals surface area contributed by atoms with Crippen molar-refractivity contribution in [1.82, 2.24) is 5.32 Å². The van der Waals surface area contributed by atoms with Gasteiger partial charge in [-0.1, -0.05) is 12.1 Å². The number of primary sulfonamides is 1. The Bertz CT molecular complexity index is 523. The third-order valence-electron chi connectivity index (χ3n) is 2.63. The molecule has 1 aromatic rings. The normalized spacial score (nSPS) is 13.7. The topological polar surface area (TPSA) is 81.4 Å². The largest absolute Gasteiger partial charge is 0.374 e. The summed E-state index contributed by atoms with van der Waals surface area (Å²) in [6.07, 6.45) is -2.47. The summed E-state index contributed by atoms with van der Waals surface area (Å²) in [4.78, 5) is 0.0394. The molecule has 3 N–H and O–H groups in total. The van der Waals surface area contributed by atoms with Crippen LogP contribution in [0.2, 0.25) is 0 Å². The molecule has 0 aliphatic rings. The van der Waals surface area contributed by atoms with Crippen LogP contribution >= 0.6 is 0 Å². The number of nitrogens with two attached hydrogens (primary N) is 1. The minimum Gasteiger partial charge on any atom is -0.374 e. The number of ether oxygens (including phenoxy) is 1. The lowest BCUT2D eigenvalue weighted by atomic mass is 10.1. The van der Waals surface area contributed by atoms with Crippen LogP contribution < -0.4 is 10.5 Å². The monoisotopic (exact) mass is 308 g/mol. The van der Waals surface area contributed by atoms with Crippen LogP contribution in [0.1, 0.15) is 18.5 Å². The Morgan fingerprint density at radius 1 is 1.40 bits per heavy atom. The van der Waals surface area contributed by atoms with Crippen molar-refractivity contribution in [3.8, 4) is 0 Å². The summed E-state index contributed by atoms with van der Waals surface area (Å²) in [7, 11) is -3.73. The number of hydrogen-bond acceptors (Lipinski definition) is 4. The molecule has 0 heterocycles. The van der Waals surface area contributed by atoms with Crippen LogP contribution in [0.4, 0.5) is 8.78 Å². The lowest BCUT2D eigenvalue weighted by molar-refractivity contribution is 0.0183. The summed E-state index contributed by atoms with van der Waals surface area (Å²) in [5, 5.41) is 8.10.